The number of nitrogens with one attached hydrogen (secondary N) is 1. The first kappa shape index (κ1) is 22.4. The maximum atomic E-state index is 12.9. The molecule has 164 valence electrons. The van der Waals surface area contributed by atoms with E-state index in [0.29, 0.717) is 11.3 Å². The molecule has 1 aromatic heterocycles. The summed E-state index contributed by atoms with van der Waals surface area (Å²) in [5, 5.41) is 2.65. The fourth-order valence-electron chi connectivity index (χ4n) is 2.78. The van der Waals surface area contributed by atoms with Gasteiger partial charge in [0, 0.05) is 12.5 Å². The molecule has 3 rings (SSSR count). The fourth-order valence-corrected chi connectivity index (χ4v) is 2.78. The van der Waals surface area contributed by atoms with E-state index in [4.69, 9.17) is 9.47 Å². The molecule has 3 aromatic rings. The zero-order valence-electron chi connectivity index (χ0n) is 17.5. The number of rotatable bonds is 8. The van der Waals surface area contributed by atoms with Crippen molar-refractivity contribution in [3.8, 4) is 11.6 Å². The van der Waals surface area contributed by atoms with Gasteiger partial charge in [-0.25, -0.2) is 4.98 Å². The van der Waals surface area contributed by atoms with Crippen LogP contribution in [0.15, 0.2) is 67.1 Å². The van der Waals surface area contributed by atoms with Gasteiger partial charge in [-0.15, -0.1) is 0 Å². The van der Waals surface area contributed by atoms with Crippen LogP contribution in [-0.4, -0.2) is 34.9 Å². The number of carbonyl (C=O) groups excluding carboxylic acids is 3. The molecule has 0 fully saturated rings. The predicted octanol–water partition coefficient (Wildman–Crippen LogP) is 3.23. The van der Waals surface area contributed by atoms with Gasteiger partial charge in [-0.3, -0.25) is 14.4 Å². The first-order valence-electron chi connectivity index (χ1n) is 9.63. The number of amides is 1. The van der Waals surface area contributed by atoms with E-state index < -0.39 is 18.0 Å². The van der Waals surface area contributed by atoms with Crippen molar-refractivity contribution in [1.29, 1.82) is 0 Å². The monoisotopic (exact) mass is 435 g/mol. The highest BCUT2D eigenvalue weighted by Gasteiger charge is 2.25. The minimum absolute atomic E-state index is 0.101. The van der Waals surface area contributed by atoms with Crippen LogP contribution < -0.4 is 10.1 Å². The minimum Gasteiger partial charge on any atom is -0.469 e. The van der Waals surface area contributed by atoms with Crippen molar-refractivity contribution < 1.29 is 28.6 Å². The van der Waals surface area contributed by atoms with Gasteiger partial charge in [0.1, 0.15) is 17.8 Å². The van der Waals surface area contributed by atoms with Gasteiger partial charge >= 0.3 is 11.9 Å². The van der Waals surface area contributed by atoms with Crippen molar-refractivity contribution in [3.63, 3.8) is 0 Å². The van der Waals surface area contributed by atoms with E-state index in [1.807, 2.05) is 0 Å². The number of ether oxygens (including phenoxy) is 3. The van der Waals surface area contributed by atoms with E-state index in [9.17, 15) is 14.4 Å². The zero-order chi connectivity index (χ0) is 22.9. The first-order valence-corrected chi connectivity index (χ1v) is 9.63. The lowest BCUT2D eigenvalue weighted by atomic mass is 10.1. The molecule has 0 radical (unpaired) electrons. The molecule has 0 aliphatic heterocycles. The highest BCUT2D eigenvalue weighted by molar-refractivity contribution is 5.96. The highest BCUT2D eigenvalue weighted by atomic mass is 16.5. The quantitative estimate of drug-likeness (QED) is 0.536. The van der Waals surface area contributed by atoms with Crippen LogP contribution in [-0.2, 0) is 30.3 Å². The van der Waals surface area contributed by atoms with Crippen molar-refractivity contribution in [2.45, 2.75) is 19.4 Å². The van der Waals surface area contributed by atoms with Crippen LogP contribution >= 0.6 is 0 Å². The molecule has 0 spiro atoms. The topological polar surface area (TPSA) is 117 Å². The number of hydrogen-bond acceptors (Lipinski definition) is 8. The van der Waals surface area contributed by atoms with Crippen molar-refractivity contribution in [2.24, 2.45) is 0 Å². The number of hydrogen-bond donors (Lipinski definition) is 1. The van der Waals surface area contributed by atoms with Gasteiger partial charge in [-0.1, -0.05) is 42.5 Å². The van der Waals surface area contributed by atoms with Gasteiger partial charge in [-0.05, 0) is 17.7 Å². The Morgan fingerprint density at radius 1 is 1.03 bits per heavy atom. The van der Waals surface area contributed by atoms with E-state index >= 15 is 0 Å². The standard InChI is InChI=1S/C23H21N3O6/c1-15(27)31-21(17-6-4-3-5-7-17)22(29)26-19-13-24-14-25-23(19)32-18-10-8-16(9-11-18)12-20(28)30-2/h3-11,13-14,21H,12H2,1-2H3,(H,26,29). The molecule has 1 N–H and O–H groups in total. The Balaban J connectivity index is 1.76. The van der Waals surface area contributed by atoms with Crippen molar-refractivity contribution in [1.82, 2.24) is 9.97 Å². The maximum absolute atomic E-state index is 12.9. The van der Waals surface area contributed by atoms with Crippen LogP contribution in [0, 0.1) is 0 Å². The van der Waals surface area contributed by atoms with Crippen LogP contribution in [0.3, 0.4) is 0 Å². The molecule has 32 heavy (non-hydrogen) atoms. The number of benzene rings is 2. The number of esters is 2. The third kappa shape index (κ3) is 6.11. The average molecular weight is 435 g/mol. The van der Waals surface area contributed by atoms with Gasteiger partial charge in [0.05, 0.1) is 19.7 Å². The van der Waals surface area contributed by atoms with Crippen LogP contribution in [0.4, 0.5) is 5.69 Å². The lowest BCUT2D eigenvalue weighted by Gasteiger charge is -2.18. The number of aromatic nitrogens is 2. The molecule has 0 bridgehead atoms. The smallest absolute Gasteiger partial charge is 0.309 e. The molecule has 2 aromatic carbocycles. The number of methoxy groups -OCH3 is 1. The second-order valence-electron chi connectivity index (χ2n) is 6.63. The second-order valence-corrected chi connectivity index (χ2v) is 6.63. The van der Waals surface area contributed by atoms with Gasteiger partial charge in [0.15, 0.2) is 0 Å². The summed E-state index contributed by atoms with van der Waals surface area (Å²) in [6.45, 7) is 1.23. The molecule has 1 unspecified atom stereocenters. The Bertz CT molecular complexity index is 1090. The molecular weight excluding hydrogens is 414 g/mol. The Labute approximate surface area is 184 Å². The number of carbonyl (C=O) groups is 3. The number of nitrogens with zero attached hydrogens (tertiary/aromatic N) is 2. The van der Waals surface area contributed by atoms with Crippen LogP contribution in [0.1, 0.15) is 24.2 Å². The van der Waals surface area contributed by atoms with Gasteiger partial charge < -0.3 is 19.5 Å². The van der Waals surface area contributed by atoms with E-state index in [0.717, 1.165) is 5.56 Å². The summed E-state index contributed by atoms with van der Waals surface area (Å²) in [5.41, 5.74) is 1.47. The summed E-state index contributed by atoms with van der Waals surface area (Å²) in [6.07, 6.45) is 1.64. The van der Waals surface area contributed by atoms with Crippen LogP contribution in [0.2, 0.25) is 0 Å². The summed E-state index contributed by atoms with van der Waals surface area (Å²) in [7, 11) is 1.33. The molecule has 0 saturated carbocycles. The first-order chi connectivity index (χ1) is 15.5. The van der Waals surface area contributed by atoms with E-state index in [-0.39, 0.29) is 24.0 Å². The molecule has 9 nitrogen and oxygen atoms in total. The van der Waals surface area contributed by atoms with Gasteiger partial charge in [-0.2, -0.15) is 4.98 Å². The minimum atomic E-state index is -1.15. The molecule has 0 aliphatic rings. The van der Waals surface area contributed by atoms with E-state index in [2.05, 4.69) is 20.0 Å². The molecule has 0 saturated heterocycles. The Kier molecular flexibility index (Phi) is 7.47. The number of anilines is 1. The molecular formula is C23H21N3O6. The molecule has 1 amide bonds. The summed E-state index contributed by atoms with van der Waals surface area (Å²) >= 11 is 0. The lowest BCUT2D eigenvalue weighted by molar-refractivity contribution is -0.152. The van der Waals surface area contributed by atoms with Crippen molar-refractivity contribution >= 4 is 23.5 Å². The largest absolute Gasteiger partial charge is 0.469 e. The third-order valence-electron chi connectivity index (χ3n) is 4.27. The van der Waals surface area contributed by atoms with E-state index in [1.54, 1.807) is 54.6 Å². The average Bonchev–Trinajstić information content (AvgIpc) is 2.80. The van der Waals surface area contributed by atoms with Crippen molar-refractivity contribution in [3.05, 3.63) is 78.2 Å². The van der Waals surface area contributed by atoms with Crippen molar-refractivity contribution in [2.75, 3.05) is 12.4 Å². The van der Waals surface area contributed by atoms with Crippen LogP contribution in [0.5, 0.6) is 11.6 Å². The molecule has 1 atom stereocenters. The Morgan fingerprint density at radius 3 is 2.41 bits per heavy atom. The summed E-state index contributed by atoms with van der Waals surface area (Å²) in [5.74, 6) is -0.988. The SMILES string of the molecule is COC(=O)Cc1ccc(Oc2ncncc2NC(=O)C(OC(C)=O)c2ccccc2)cc1. The van der Waals surface area contributed by atoms with Crippen LogP contribution in [0.25, 0.3) is 0 Å². The second kappa shape index (κ2) is 10.7. The highest BCUT2D eigenvalue weighted by Crippen LogP contribution is 2.28. The Morgan fingerprint density at radius 2 is 1.75 bits per heavy atom. The Hall–Kier alpha value is -4.27. The molecule has 0 aliphatic carbocycles. The lowest BCUT2D eigenvalue weighted by Crippen LogP contribution is -2.25. The zero-order valence-corrected chi connectivity index (χ0v) is 17.5. The predicted molar refractivity (Wildman–Crippen MR) is 114 cm³/mol. The van der Waals surface area contributed by atoms with Gasteiger partial charge in [0.2, 0.25) is 12.0 Å². The maximum Gasteiger partial charge on any atom is 0.309 e. The third-order valence-corrected chi connectivity index (χ3v) is 4.27. The summed E-state index contributed by atoms with van der Waals surface area (Å²) < 4.78 is 15.6. The fraction of sp³-hybridized carbons (Fsp3) is 0.174. The summed E-state index contributed by atoms with van der Waals surface area (Å²) in [4.78, 5) is 43.8. The summed E-state index contributed by atoms with van der Waals surface area (Å²) in [6, 6.07) is 15.4. The molecule has 1 heterocycles. The van der Waals surface area contributed by atoms with Gasteiger partial charge in [0.25, 0.3) is 5.91 Å². The normalized spacial score (nSPS) is 11.2. The van der Waals surface area contributed by atoms with E-state index in [1.165, 1.54) is 26.6 Å². The molecule has 9 heteroatoms.